The van der Waals surface area contributed by atoms with Crippen LogP contribution in [-0.4, -0.2) is 27.3 Å². The van der Waals surface area contributed by atoms with Crippen LogP contribution in [0.5, 0.6) is 0 Å². The van der Waals surface area contributed by atoms with Gasteiger partial charge in [0.25, 0.3) is 0 Å². The number of amides is 1. The SMILES string of the molecule is CC(=O)NCc1cccc([C@@H]2CCCN2Cc2cscn2)n1. The molecule has 1 aliphatic heterocycles. The van der Waals surface area contributed by atoms with Gasteiger partial charge in [-0.15, -0.1) is 11.3 Å². The highest BCUT2D eigenvalue weighted by Crippen LogP contribution is 2.32. The number of carbonyl (C=O) groups is 1. The molecule has 0 unspecified atom stereocenters. The molecule has 1 amide bonds. The minimum absolute atomic E-state index is 0.0294. The van der Waals surface area contributed by atoms with Crippen molar-refractivity contribution in [3.63, 3.8) is 0 Å². The molecular weight excluding hydrogens is 296 g/mol. The first-order valence-corrected chi connectivity index (χ1v) is 8.48. The van der Waals surface area contributed by atoms with Crippen molar-refractivity contribution in [2.24, 2.45) is 0 Å². The minimum Gasteiger partial charge on any atom is -0.351 e. The van der Waals surface area contributed by atoms with E-state index < -0.39 is 0 Å². The highest BCUT2D eigenvalue weighted by atomic mass is 32.1. The molecule has 2 aromatic rings. The second-order valence-corrected chi connectivity index (χ2v) is 6.29. The van der Waals surface area contributed by atoms with Crippen LogP contribution in [0.3, 0.4) is 0 Å². The average molecular weight is 316 g/mol. The Bertz CT molecular complexity index is 629. The normalized spacial score (nSPS) is 18.5. The fourth-order valence-corrected chi connectivity index (χ4v) is 3.42. The van der Waals surface area contributed by atoms with Gasteiger partial charge < -0.3 is 5.32 Å². The fourth-order valence-electron chi connectivity index (χ4n) is 2.87. The molecule has 3 rings (SSSR count). The molecule has 1 saturated heterocycles. The third kappa shape index (κ3) is 3.69. The largest absolute Gasteiger partial charge is 0.351 e. The highest BCUT2D eigenvalue weighted by Gasteiger charge is 2.27. The Kier molecular flexibility index (Phi) is 4.80. The molecule has 6 heteroatoms. The molecule has 0 bridgehead atoms. The molecule has 5 nitrogen and oxygen atoms in total. The van der Waals surface area contributed by atoms with Gasteiger partial charge in [0, 0.05) is 18.8 Å². The van der Waals surface area contributed by atoms with Crippen molar-refractivity contribution in [2.75, 3.05) is 6.54 Å². The zero-order valence-electron chi connectivity index (χ0n) is 12.7. The predicted molar refractivity (Wildman–Crippen MR) is 86.3 cm³/mol. The van der Waals surface area contributed by atoms with E-state index in [-0.39, 0.29) is 5.91 Å². The molecule has 0 aliphatic carbocycles. The number of hydrogen-bond donors (Lipinski definition) is 1. The first kappa shape index (κ1) is 15.1. The van der Waals surface area contributed by atoms with Gasteiger partial charge in [-0.1, -0.05) is 6.07 Å². The lowest BCUT2D eigenvalue weighted by Crippen LogP contribution is -2.24. The fraction of sp³-hybridized carbons (Fsp3) is 0.438. The van der Waals surface area contributed by atoms with Crippen LogP contribution in [0.15, 0.2) is 29.1 Å². The number of rotatable bonds is 5. The van der Waals surface area contributed by atoms with Crippen molar-refractivity contribution in [1.82, 2.24) is 20.2 Å². The van der Waals surface area contributed by atoms with Crippen LogP contribution in [0, 0.1) is 0 Å². The van der Waals surface area contributed by atoms with Crippen molar-refractivity contribution < 1.29 is 4.79 Å². The lowest BCUT2D eigenvalue weighted by Gasteiger charge is -2.23. The molecule has 0 saturated carbocycles. The summed E-state index contributed by atoms with van der Waals surface area (Å²) in [7, 11) is 0. The van der Waals surface area contributed by atoms with E-state index in [4.69, 9.17) is 4.98 Å². The zero-order chi connectivity index (χ0) is 15.4. The van der Waals surface area contributed by atoms with Gasteiger partial charge in [0.05, 0.1) is 35.2 Å². The molecule has 1 aliphatic rings. The number of thiazole rings is 1. The molecule has 0 aromatic carbocycles. The average Bonchev–Trinajstić information content (AvgIpc) is 3.18. The van der Waals surface area contributed by atoms with Gasteiger partial charge in [0.2, 0.25) is 5.91 Å². The van der Waals surface area contributed by atoms with Gasteiger partial charge in [-0.05, 0) is 31.5 Å². The number of carbonyl (C=O) groups excluding carboxylic acids is 1. The smallest absolute Gasteiger partial charge is 0.217 e. The van der Waals surface area contributed by atoms with Crippen LogP contribution in [0.25, 0.3) is 0 Å². The zero-order valence-corrected chi connectivity index (χ0v) is 13.5. The van der Waals surface area contributed by atoms with Crippen LogP contribution in [-0.2, 0) is 17.9 Å². The molecule has 2 aromatic heterocycles. The van der Waals surface area contributed by atoms with E-state index in [0.717, 1.165) is 36.6 Å². The van der Waals surface area contributed by atoms with Crippen molar-refractivity contribution in [3.05, 3.63) is 46.2 Å². The van der Waals surface area contributed by atoms with Gasteiger partial charge in [-0.25, -0.2) is 4.98 Å². The van der Waals surface area contributed by atoms with Gasteiger partial charge >= 0.3 is 0 Å². The summed E-state index contributed by atoms with van der Waals surface area (Å²) in [6.45, 7) is 3.98. The van der Waals surface area contributed by atoms with E-state index in [2.05, 4.69) is 26.6 Å². The Morgan fingerprint density at radius 2 is 2.36 bits per heavy atom. The number of aromatic nitrogens is 2. The number of nitrogens with zero attached hydrogens (tertiary/aromatic N) is 3. The maximum absolute atomic E-state index is 11.0. The Hall–Kier alpha value is -1.79. The molecule has 1 atom stereocenters. The summed E-state index contributed by atoms with van der Waals surface area (Å²) in [6, 6.07) is 6.42. The number of hydrogen-bond acceptors (Lipinski definition) is 5. The molecule has 0 radical (unpaired) electrons. The van der Waals surface area contributed by atoms with Crippen LogP contribution < -0.4 is 5.32 Å². The Labute approximate surface area is 134 Å². The topological polar surface area (TPSA) is 58.1 Å². The van der Waals surface area contributed by atoms with Gasteiger partial charge in [-0.2, -0.15) is 0 Å². The Morgan fingerprint density at radius 1 is 1.45 bits per heavy atom. The van der Waals surface area contributed by atoms with E-state index in [9.17, 15) is 4.79 Å². The van der Waals surface area contributed by atoms with E-state index >= 15 is 0 Å². The second-order valence-electron chi connectivity index (χ2n) is 5.57. The molecule has 1 N–H and O–H groups in total. The first-order chi connectivity index (χ1) is 10.7. The van der Waals surface area contributed by atoms with Crippen LogP contribution in [0.4, 0.5) is 0 Å². The van der Waals surface area contributed by atoms with Gasteiger partial charge in [0.15, 0.2) is 0 Å². The number of nitrogens with one attached hydrogen (secondary N) is 1. The maximum Gasteiger partial charge on any atom is 0.217 e. The molecule has 116 valence electrons. The summed E-state index contributed by atoms with van der Waals surface area (Å²) in [5.41, 5.74) is 5.02. The quantitative estimate of drug-likeness (QED) is 0.921. The highest BCUT2D eigenvalue weighted by molar-refractivity contribution is 7.07. The Balaban J connectivity index is 1.71. The van der Waals surface area contributed by atoms with E-state index in [1.807, 2.05) is 17.6 Å². The van der Waals surface area contributed by atoms with Crippen LogP contribution in [0.1, 0.15) is 42.9 Å². The molecular formula is C16H20N4OS. The standard InChI is InChI=1S/C16H20N4OS/c1-12(21)17-8-13-4-2-5-15(19-13)16-6-3-7-20(16)9-14-10-22-11-18-14/h2,4-5,10-11,16H,3,6-9H2,1H3,(H,17,21)/t16-/m0/s1. The maximum atomic E-state index is 11.0. The molecule has 1 fully saturated rings. The summed E-state index contributed by atoms with van der Waals surface area (Å²) in [5, 5.41) is 4.91. The van der Waals surface area contributed by atoms with Gasteiger partial charge in [-0.3, -0.25) is 14.7 Å². The number of pyridine rings is 1. The number of likely N-dealkylation sites (tertiary alicyclic amines) is 1. The Morgan fingerprint density at radius 3 is 3.14 bits per heavy atom. The summed E-state index contributed by atoms with van der Waals surface area (Å²) in [6.07, 6.45) is 2.31. The molecule has 22 heavy (non-hydrogen) atoms. The summed E-state index contributed by atoms with van der Waals surface area (Å²) >= 11 is 1.64. The molecule has 0 spiro atoms. The van der Waals surface area contributed by atoms with Gasteiger partial charge in [0.1, 0.15) is 0 Å². The summed E-state index contributed by atoms with van der Waals surface area (Å²) in [5.74, 6) is -0.0294. The lowest BCUT2D eigenvalue weighted by molar-refractivity contribution is -0.119. The first-order valence-electron chi connectivity index (χ1n) is 7.54. The summed E-state index contributed by atoms with van der Waals surface area (Å²) in [4.78, 5) is 22.6. The molecule has 3 heterocycles. The van der Waals surface area contributed by atoms with Crippen molar-refractivity contribution in [2.45, 2.75) is 38.9 Å². The lowest BCUT2D eigenvalue weighted by atomic mass is 10.1. The monoisotopic (exact) mass is 316 g/mol. The summed E-state index contributed by atoms with van der Waals surface area (Å²) < 4.78 is 0. The third-order valence-corrected chi connectivity index (χ3v) is 4.54. The third-order valence-electron chi connectivity index (χ3n) is 3.90. The van der Waals surface area contributed by atoms with E-state index in [1.165, 1.54) is 13.3 Å². The van der Waals surface area contributed by atoms with Crippen molar-refractivity contribution >= 4 is 17.2 Å². The van der Waals surface area contributed by atoms with Crippen molar-refractivity contribution in [3.8, 4) is 0 Å². The van der Waals surface area contributed by atoms with E-state index in [1.54, 1.807) is 11.3 Å². The predicted octanol–water partition coefficient (Wildman–Crippen LogP) is 2.51. The minimum atomic E-state index is -0.0294. The van der Waals surface area contributed by atoms with E-state index in [0.29, 0.717) is 12.6 Å². The second kappa shape index (κ2) is 6.98. The van der Waals surface area contributed by atoms with Crippen molar-refractivity contribution in [1.29, 1.82) is 0 Å². The van der Waals surface area contributed by atoms with Crippen LogP contribution in [0.2, 0.25) is 0 Å². The van der Waals surface area contributed by atoms with Crippen LogP contribution >= 0.6 is 11.3 Å².